The molecule has 0 aliphatic carbocycles. The standard InChI is InChI=1S/C15H17ClN2O4S2/c1-11-2-7-14(15(10-11)24(17,21)22)18-23(19,20)9-8-12-3-5-13(16)6-4-12/h2-7,10,18H,8-9H2,1H3,(H2,17,21,22). The summed E-state index contributed by atoms with van der Waals surface area (Å²) < 4.78 is 50.0. The second kappa shape index (κ2) is 7.10. The summed E-state index contributed by atoms with van der Waals surface area (Å²) in [5, 5.41) is 5.72. The van der Waals surface area contributed by atoms with Crippen LogP contribution in [-0.2, 0) is 26.5 Å². The number of rotatable bonds is 6. The molecular weight excluding hydrogens is 372 g/mol. The number of halogens is 1. The highest BCUT2D eigenvalue weighted by atomic mass is 35.5. The molecule has 0 atom stereocenters. The highest BCUT2D eigenvalue weighted by Gasteiger charge is 2.19. The monoisotopic (exact) mass is 388 g/mol. The Bertz CT molecular complexity index is 940. The third-order valence-corrected chi connectivity index (χ3v) is 5.76. The van der Waals surface area contributed by atoms with E-state index in [2.05, 4.69) is 4.72 Å². The van der Waals surface area contributed by atoms with E-state index < -0.39 is 20.0 Å². The molecule has 130 valence electrons. The fourth-order valence-electron chi connectivity index (χ4n) is 2.07. The molecule has 0 saturated heterocycles. The van der Waals surface area contributed by atoms with Gasteiger partial charge in [0.25, 0.3) is 0 Å². The smallest absolute Gasteiger partial charge is 0.240 e. The van der Waals surface area contributed by atoms with Gasteiger partial charge in [0, 0.05) is 5.02 Å². The number of anilines is 1. The quantitative estimate of drug-likeness (QED) is 0.791. The Morgan fingerprint density at radius 3 is 2.25 bits per heavy atom. The molecule has 2 aromatic rings. The number of primary sulfonamides is 1. The van der Waals surface area contributed by atoms with Crippen LogP contribution in [0.5, 0.6) is 0 Å². The Morgan fingerprint density at radius 1 is 1.04 bits per heavy atom. The van der Waals surface area contributed by atoms with Gasteiger partial charge in [-0.25, -0.2) is 22.0 Å². The molecule has 0 unspecified atom stereocenters. The molecule has 0 heterocycles. The first kappa shape index (κ1) is 18.7. The van der Waals surface area contributed by atoms with Crippen LogP contribution >= 0.6 is 11.6 Å². The molecule has 0 aromatic heterocycles. The van der Waals surface area contributed by atoms with Gasteiger partial charge in [-0.05, 0) is 48.7 Å². The number of benzene rings is 2. The van der Waals surface area contributed by atoms with Gasteiger partial charge in [0.05, 0.1) is 11.4 Å². The van der Waals surface area contributed by atoms with E-state index in [9.17, 15) is 16.8 Å². The van der Waals surface area contributed by atoms with Crippen LogP contribution in [0.4, 0.5) is 5.69 Å². The summed E-state index contributed by atoms with van der Waals surface area (Å²) in [4.78, 5) is -0.252. The molecule has 0 fully saturated rings. The summed E-state index contributed by atoms with van der Waals surface area (Å²) in [6.45, 7) is 1.69. The maximum Gasteiger partial charge on any atom is 0.240 e. The molecule has 0 bridgehead atoms. The van der Waals surface area contributed by atoms with Gasteiger partial charge in [-0.15, -0.1) is 0 Å². The predicted octanol–water partition coefficient (Wildman–Crippen LogP) is 2.28. The van der Waals surface area contributed by atoms with E-state index in [-0.39, 0.29) is 22.8 Å². The van der Waals surface area contributed by atoms with Crippen molar-refractivity contribution in [2.75, 3.05) is 10.5 Å². The summed E-state index contributed by atoms with van der Waals surface area (Å²) in [6, 6.07) is 11.1. The highest BCUT2D eigenvalue weighted by molar-refractivity contribution is 7.93. The van der Waals surface area contributed by atoms with Crippen LogP contribution in [0.1, 0.15) is 11.1 Å². The van der Waals surface area contributed by atoms with Crippen LogP contribution in [0.3, 0.4) is 0 Å². The molecule has 6 nitrogen and oxygen atoms in total. The Hall–Kier alpha value is -1.61. The molecule has 0 spiro atoms. The molecule has 0 radical (unpaired) electrons. The normalized spacial score (nSPS) is 12.1. The lowest BCUT2D eigenvalue weighted by atomic mass is 10.2. The van der Waals surface area contributed by atoms with Crippen molar-refractivity contribution in [1.29, 1.82) is 0 Å². The van der Waals surface area contributed by atoms with Gasteiger partial charge < -0.3 is 0 Å². The summed E-state index contributed by atoms with van der Waals surface area (Å²) in [5.41, 5.74) is 1.41. The largest absolute Gasteiger partial charge is 0.282 e. The molecule has 0 saturated carbocycles. The summed E-state index contributed by atoms with van der Waals surface area (Å²) in [6.07, 6.45) is 0.267. The third kappa shape index (κ3) is 5.20. The summed E-state index contributed by atoms with van der Waals surface area (Å²) >= 11 is 5.78. The van der Waals surface area contributed by atoms with Crippen LogP contribution in [0.2, 0.25) is 5.02 Å². The van der Waals surface area contributed by atoms with Crippen molar-refractivity contribution in [3.63, 3.8) is 0 Å². The van der Waals surface area contributed by atoms with E-state index in [1.165, 1.54) is 12.1 Å². The highest BCUT2D eigenvalue weighted by Crippen LogP contribution is 2.23. The van der Waals surface area contributed by atoms with Gasteiger partial charge in [0.2, 0.25) is 20.0 Å². The van der Waals surface area contributed by atoms with Crippen LogP contribution in [-0.4, -0.2) is 22.6 Å². The minimum absolute atomic E-state index is 0.0563. The van der Waals surface area contributed by atoms with Crippen molar-refractivity contribution in [2.45, 2.75) is 18.2 Å². The van der Waals surface area contributed by atoms with E-state index in [1.807, 2.05) is 0 Å². The number of nitrogens with two attached hydrogens (primary N) is 1. The van der Waals surface area contributed by atoms with Gasteiger partial charge in [-0.1, -0.05) is 29.8 Å². The zero-order chi connectivity index (χ0) is 18.0. The van der Waals surface area contributed by atoms with Crippen LogP contribution in [0, 0.1) is 6.92 Å². The SMILES string of the molecule is Cc1ccc(NS(=O)(=O)CCc2ccc(Cl)cc2)c(S(N)(=O)=O)c1. The van der Waals surface area contributed by atoms with Crippen LogP contribution < -0.4 is 9.86 Å². The van der Waals surface area contributed by atoms with Gasteiger partial charge in [0.1, 0.15) is 4.90 Å². The first-order chi connectivity index (χ1) is 11.1. The number of aryl methyl sites for hydroxylation is 2. The summed E-state index contributed by atoms with van der Waals surface area (Å²) in [5.74, 6) is -0.202. The zero-order valence-electron chi connectivity index (χ0n) is 12.9. The van der Waals surface area contributed by atoms with E-state index in [0.717, 1.165) is 5.56 Å². The molecule has 0 aliphatic heterocycles. The molecule has 0 aliphatic rings. The lowest BCUT2D eigenvalue weighted by Crippen LogP contribution is -2.21. The maximum absolute atomic E-state index is 12.2. The Balaban J connectivity index is 2.19. The Morgan fingerprint density at radius 2 is 1.67 bits per heavy atom. The van der Waals surface area contributed by atoms with E-state index in [4.69, 9.17) is 16.7 Å². The number of nitrogens with one attached hydrogen (secondary N) is 1. The topological polar surface area (TPSA) is 106 Å². The van der Waals surface area contributed by atoms with Crippen LogP contribution in [0.25, 0.3) is 0 Å². The maximum atomic E-state index is 12.2. The number of hydrogen-bond acceptors (Lipinski definition) is 4. The first-order valence-electron chi connectivity index (χ1n) is 6.95. The molecule has 24 heavy (non-hydrogen) atoms. The Kier molecular flexibility index (Phi) is 5.54. The van der Waals surface area contributed by atoms with Crippen LogP contribution in [0.15, 0.2) is 47.4 Å². The lowest BCUT2D eigenvalue weighted by Gasteiger charge is -2.12. The second-order valence-electron chi connectivity index (χ2n) is 5.34. The van der Waals surface area contributed by atoms with Crippen molar-refractivity contribution >= 4 is 37.3 Å². The van der Waals surface area contributed by atoms with Gasteiger partial charge in [0.15, 0.2) is 0 Å². The fourth-order valence-corrected chi connectivity index (χ4v) is 4.16. The van der Waals surface area contributed by atoms with Crippen molar-refractivity contribution in [1.82, 2.24) is 0 Å². The fraction of sp³-hybridized carbons (Fsp3) is 0.200. The minimum Gasteiger partial charge on any atom is -0.282 e. The number of hydrogen-bond donors (Lipinski definition) is 2. The average molecular weight is 389 g/mol. The Labute approximate surface area is 146 Å². The van der Waals surface area contributed by atoms with E-state index in [1.54, 1.807) is 37.3 Å². The number of sulfonamides is 2. The lowest BCUT2D eigenvalue weighted by molar-refractivity contribution is 0.598. The van der Waals surface area contributed by atoms with Crippen molar-refractivity contribution < 1.29 is 16.8 Å². The van der Waals surface area contributed by atoms with Crippen molar-refractivity contribution in [3.8, 4) is 0 Å². The summed E-state index contributed by atoms with van der Waals surface area (Å²) in [7, 11) is -7.78. The average Bonchev–Trinajstić information content (AvgIpc) is 2.47. The zero-order valence-corrected chi connectivity index (χ0v) is 15.2. The van der Waals surface area contributed by atoms with Crippen molar-refractivity contribution in [3.05, 3.63) is 58.6 Å². The molecule has 9 heteroatoms. The molecule has 3 N–H and O–H groups in total. The van der Waals surface area contributed by atoms with Gasteiger partial charge in [-0.2, -0.15) is 0 Å². The van der Waals surface area contributed by atoms with Gasteiger partial charge in [-0.3, -0.25) is 4.72 Å². The van der Waals surface area contributed by atoms with E-state index >= 15 is 0 Å². The molecular formula is C15H17ClN2O4S2. The van der Waals surface area contributed by atoms with Crippen molar-refractivity contribution in [2.24, 2.45) is 5.14 Å². The third-order valence-electron chi connectivity index (χ3n) is 3.28. The molecule has 0 amide bonds. The van der Waals surface area contributed by atoms with Gasteiger partial charge >= 0.3 is 0 Å². The predicted molar refractivity (Wildman–Crippen MR) is 95.1 cm³/mol. The van der Waals surface area contributed by atoms with E-state index in [0.29, 0.717) is 10.6 Å². The second-order valence-corrected chi connectivity index (χ2v) is 9.15. The first-order valence-corrected chi connectivity index (χ1v) is 10.5. The minimum atomic E-state index is -4.04. The molecule has 2 aromatic carbocycles. The molecule has 2 rings (SSSR count).